The molecule has 150 valence electrons. The molecule has 3 rings (SSSR count). The summed E-state index contributed by atoms with van der Waals surface area (Å²) in [6.07, 6.45) is 8.85. The third-order valence-corrected chi connectivity index (χ3v) is 6.91. The molecule has 3 aliphatic rings. The first kappa shape index (κ1) is 20.1. The third kappa shape index (κ3) is 3.96. The molecule has 0 aromatic rings. The van der Waals surface area contributed by atoms with E-state index in [0.717, 1.165) is 25.7 Å². The van der Waals surface area contributed by atoms with Gasteiger partial charge in [-0.1, -0.05) is 20.3 Å². The normalized spacial score (nSPS) is 28.8. The van der Waals surface area contributed by atoms with Crippen molar-refractivity contribution in [3.8, 4) is 0 Å². The van der Waals surface area contributed by atoms with Crippen LogP contribution in [0.15, 0.2) is 0 Å². The van der Waals surface area contributed by atoms with Gasteiger partial charge >= 0.3 is 5.97 Å². The number of carbonyl (C=O) groups excluding carboxylic acids is 1. The van der Waals surface area contributed by atoms with Gasteiger partial charge < -0.3 is 9.47 Å². The number of rotatable bonds is 5. The van der Waals surface area contributed by atoms with Gasteiger partial charge in [0.1, 0.15) is 11.6 Å². The summed E-state index contributed by atoms with van der Waals surface area (Å²) in [5, 5.41) is 0. The molecule has 2 heterocycles. The van der Waals surface area contributed by atoms with Crippen molar-refractivity contribution in [3.05, 3.63) is 0 Å². The molecular weight excluding hydrogens is 326 g/mol. The molecule has 0 aromatic carbocycles. The Morgan fingerprint density at radius 3 is 2.27 bits per heavy atom. The predicted octanol–water partition coefficient (Wildman–Crippen LogP) is 4.41. The molecule has 0 unspecified atom stereocenters. The summed E-state index contributed by atoms with van der Waals surface area (Å²) < 4.78 is 11.5. The van der Waals surface area contributed by atoms with Crippen LogP contribution in [0.25, 0.3) is 0 Å². The molecule has 2 atom stereocenters. The quantitative estimate of drug-likeness (QED) is 0.676. The number of hydrogen-bond acceptors (Lipinski definition) is 4. The van der Waals surface area contributed by atoms with Gasteiger partial charge in [0.05, 0.1) is 0 Å². The topological polar surface area (TPSA) is 38.8 Å². The molecule has 1 saturated carbocycles. The fraction of sp³-hybridized carbons (Fsp3) is 0.955. The monoisotopic (exact) mass is 365 g/mol. The first-order chi connectivity index (χ1) is 12.2. The summed E-state index contributed by atoms with van der Waals surface area (Å²) in [5.41, 5.74) is -0.0102. The molecule has 26 heavy (non-hydrogen) atoms. The summed E-state index contributed by atoms with van der Waals surface area (Å²) in [6.45, 7) is 13.1. The van der Waals surface area contributed by atoms with Crippen molar-refractivity contribution in [2.24, 2.45) is 17.3 Å². The van der Waals surface area contributed by atoms with E-state index in [4.69, 9.17) is 9.47 Å². The van der Waals surface area contributed by atoms with Crippen LogP contribution in [0.5, 0.6) is 0 Å². The number of likely N-dealkylation sites (tertiary alicyclic amines) is 1. The van der Waals surface area contributed by atoms with Crippen molar-refractivity contribution in [3.63, 3.8) is 0 Å². The van der Waals surface area contributed by atoms with E-state index in [2.05, 4.69) is 18.7 Å². The molecule has 4 heteroatoms. The Kier molecular flexibility index (Phi) is 6.03. The van der Waals surface area contributed by atoms with Crippen LogP contribution in [0.4, 0.5) is 0 Å². The Morgan fingerprint density at radius 1 is 1.12 bits per heavy atom. The molecular formula is C22H39NO3. The smallest absolute Gasteiger partial charge is 0.324 e. The molecule has 0 aromatic heterocycles. The average molecular weight is 366 g/mol. The van der Waals surface area contributed by atoms with Gasteiger partial charge in [0.15, 0.2) is 0 Å². The van der Waals surface area contributed by atoms with E-state index in [-0.39, 0.29) is 17.9 Å². The van der Waals surface area contributed by atoms with Crippen LogP contribution < -0.4 is 0 Å². The van der Waals surface area contributed by atoms with Gasteiger partial charge in [-0.05, 0) is 83.1 Å². The minimum atomic E-state index is -0.422. The maximum absolute atomic E-state index is 13.1. The summed E-state index contributed by atoms with van der Waals surface area (Å²) in [4.78, 5) is 15.6. The number of ether oxygens (including phenoxy) is 2. The van der Waals surface area contributed by atoms with E-state index < -0.39 is 5.60 Å². The zero-order valence-electron chi connectivity index (χ0n) is 17.6. The highest BCUT2D eigenvalue weighted by Gasteiger charge is 2.54. The second-order valence-corrected chi connectivity index (χ2v) is 10.1. The Bertz CT molecular complexity index is 486. The van der Waals surface area contributed by atoms with Crippen LogP contribution in [0.1, 0.15) is 79.6 Å². The summed E-state index contributed by atoms with van der Waals surface area (Å²) in [5.74, 6) is 1.01. The van der Waals surface area contributed by atoms with Gasteiger partial charge in [0, 0.05) is 19.3 Å². The molecule has 4 nitrogen and oxygen atoms in total. The second-order valence-electron chi connectivity index (χ2n) is 10.1. The third-order valence-electron chi connectivity index (χ3n) is 6.91. The summed E-state index contributed by atoms with van der Waals surface area (Å²) in [7, 11) is 0. The van der Waals surface area contributed by atoms with E-state index in [1.54, 1.807) is 0 Å². The molecule has 0 N–H and O–H groups in total. The Labute approximate surface area is 160 Å². The predicted molar refractivity (Wildman–Crippen MR) is 104 cm³/mol. The number of nitrogens with zero attached hydrogens (tertiary/aromatic N) is 1. The largest absolute Gasteiger partial charge is 0.459 e. The average Bonchev–Trinajstić information content (AvgIpc) is 2.94. The van der Waals surface area contributed by atoms with Crippen molar-refractivity contribution in [1.29, 1.82) is 0 Å². The van der Waals surface area contributed by atoms with Gasteiger partial charge in [0.2, 0.25) is 0 Å². The standard InChI is InChI=1S/C22H39NO3/c1-16(2)19(20(24)26-21(3,4)5)23-13-6-8-18(23)22(11-7-12-22)17-9-14-25-15-10-17/h16-19H,6-15H2,1-5H3/t18-,19+/m1/s1. The van der Waals surface area contributed by atoms with Crippen LogP contribution in [0.3, 0.4) is 0 Å². The summed E-state index contributed by atoms with van der Waals surface area (Å²) >= 11 is 0. The van der Waals surface area contributed by atoms with Crippen LogP contribution in [0, 0.1) is 17.3 Å². The van der Waals surface area contributed by atoms with E-state index in [9.17, 15) is 4.79 Å². The van der Waals surface area contributed by atoms with Crippen LogP contribution >= 0.6 is 0 Å². The maximum Gasteiger partial charge on any atom is 0.324 e. The molecule has 0 amide bonds. The van der Waals surface area contributed by atoms with Gasteiger partial charge in [-0.15, -0.1) is 0 Å². The van der Waals surface area contributed by atoms with Gasteiger partial charge in [-0.2, -0.15) is 0 Å². The fourth-order valence-corrected chi connectivity index (χ4v) is 5.76. The van der Waals surface area contributed by atoms with E-state index in [1.165, 1.54) is 44.9 Å². The first-order valence-corrected chi connectivity index (χ1v) is 10.8. The van der Waals surface area contributed by atoms with Gasteiger partial charge in [0.25, 0.3) is 0 Å². The van der Waals surface area contributed by atoms with Crippen molar-refractivity contribution in [2.45, 2.75) is 97.2 Å². The minimum Gasteiger partial charge on any atom is -0.459 e. The van der Waals surface area contributed by atoms with Crippen molar-refractivity contribution in [1.82, 2.24) is 4.90 Å². The molecule has 0 spiro atoms. The SMILES string of the molecule is CC(C)[C@@H](C(=O)OC(C)(C)C)N1CCC[C@@H]1C1(C2CCOCC2)CCC1. The first-order valence-electron chi connectivity index (χ1n) is 10.8. The Hall–Kier alpha value is -0.610. The van der Waals surface area contributed by atoms with Crippen LogP contribution in [-0.4, -0.2) is 48.3 Å². The van der Waals surface area contributed by atoms with E-state index in [1.807, 2.05) is 20.8 Å². The molecule has 3 fully saturated rings. The zero-order valence-corrected chi connectivity index (χ0v) is 17.6. The lowest BCUT2D eigenvalue weighted by Crippen LogP contribution is -2.59. The van der Waals surface area contributed by atoms with Gasteiger partial charge in [-0.3, -0.25) is 9.69 Å². The molecule has 0 radical (unpaired) electrons. The highest BCUT2D eigenvalue weighted by molar-refractivity contribution is 5.76. The van der Waals surface area contributed by atoms with Gasteiger partial charge in [-0.25, -0.2) is 0 Å². The van der Waals surface area contributed by atoms with Crippen molar-refractivity contribution >= 4 is 5.97 Å². The fourth-order valence-electron chi connectivity index (χ4n) is 5.76. The maximum atomic E-state index is 13.1. The molecule has 2 saturated heterocycles. The highest BCUT2D eigenvalue weighted by atomic mass is 16.6. The second kappa shape index (κ2) is 7.79. The number of hydrogen-bond donors (Lipinski definition) is 0. The van der Waals surface area contributed by atoms with Crippen LogP contribution in [-0.2, 0) is 14.3 Å². The molecule has 1 aliphatic carbocycles. The minimum absolute atomic E-state index is 0.0270. The molecule has 2 aliphatic heterocycles. The highest BCUT2D eigenvalue weighted by Crippen LogP contribution is 2.57. The van der Waals surface area contributed by atoms with Crippen molar-refractivity contribution in [2.75, 3.05) is 19.8 Å². The number of esters is 1. The Morgan fingerprint density at radius 2 is 1.77 bits per heavy atom. The lowest BCUT2D eigenvalue weighted by molar-refractivity contribution is -0.167. The lowest BCUT2D eigenvalue weighted by Gasteiger charge is -2.56. The number of carbonyl (C=O) groups is 1. The van der Waals surface area contributed by atoms with Crippen LogP contribution in [0.2, 0.25) is 0 Å². The molecule has 0 bridgehead atoms. The Balaban J connectivity index is 1.81. The van der Waals surface area contributed by atoms with E-state index in [0.29, 0.717) is 11.5 Å². The lowest BCUT2D eigenvalue weighted by atomic mass is 9.54. The van der Waals surface area contributed by atoms with E-state index >= 15 is 0 Å². The summed E-state index contributed by atoms with van der Waals surface area (Å²) in [6, 6.07) is 0.429. The van der Waals surface area contributed by atoms with Crippen molar-refractivity contribution < 1.29 is 14.3 Å². The zero-order chi connectivity index (χ0) is 18.9.